The average molecular weight is 300 g/mol. The molecule has 20 heavy (non-hydrogen) atoms. The Balaban J connectivity index is 1.99. The Morgan fingerprint density at radius 3 is 3.00 bits per heavy atom. The lowest BCUT2D eigenvalue weighted by atomic mass is 10.3. The monoisotopic (exact) mass is 300 g/mol. The van der Waals surface area contributed by atoms with E-state index in [1.54, 1.807) is 11.1 Å². The van der Waals surface area contributed by atoms with Crippen molar-refractivity contribution in [2.45, 2.75) is 0 Å². The van der Waals surface area contributed by atoms with Crippen LogP contribution in [0.5, 0.6) is 0 Å². The van der Waals surface area contributed by atoms with Crippen LogP contribution in [-0.2, 0) is 4.79 Å². The number of allylic oxidation sites excluding steroid dienone is 1. The van der Waals surface area contributed by atoms with Crippen LogP contribution in [-0.4, -0.2) is 27.4 Å². The summed E-state index contributed by atoms with van der Waals surface area (Å²) in [5.74, 6) is -0.173. The van der Waals surface area contributed by atoms with E-state index in [2.05, 4.69) is 16.4 Å². The molecule has 98 valence electrons. The number of thiocarbonyl (C=S) groups is 1. The van der Waals surface area contributed by atoms with Gasteiger partial charge < -0.3 is 10.2 Å². The zero-order valence-electron chi connectivity index (χ0n) is 10.2. The molecule has 0 spiro atoms. The maximum absolute atomic E-state index is 11.2. The number of carbonyl (C=O) groups is 1. The van der Waals surface area contributed by atoms with E-state index >= 15 is 0 Å². The number of hydrogen-bond acceptors (Lipinski definition) is 5. The van der Waals surface area contributed by atoms with E-state index in [0.717, 1.165) is 10.2 Å². The van der Waals surface area contributed by atoms with Gasteiger partial charge >= 0.3 is 0 Å². The minimum atomic E-state index is -0.173. The number of fused-ring (bicyclic) bond motifs is 1. The number of nitrogens with one attached hydrogen (secondary N) is 1. The van der Waals surface area contributed by atoms with E-state index in [1.165, 1.54) is 11.3 Å². The third kappa shape index (κ3) is 2.27. The standard InChI is InChI=1S/C13H8N4OS2/c14-5-8(6-17-7-11(18)16-13(17)19)12-15-9-3-1-2-4-10(9)20-12/h1-4,6H,7H2,(H,16,18,19)/b8-6+. The Hall–Kier alpha value is -2.30. The number of para-hydroxylation sites is 1. The molecule has 5 nitrogen and oxygen atoms in total. The second-order valence-corrected chi connectivity index (χ2v) is 5.54. The molecule has 1 aromatic heterocycles. The van der Waals surface area contributed by atoms with E-state index in [0.29, 0.717) is 15.7 Å². The quantitative estimate of drug-likeness (QED) is 0.677. The van der Waals surface area contributed by atoms with Crippen molar-refractivity contribution >= 4 is 50.4 Å². The highest BCUT2D eigenvalue weighted by Gasteiger charge is 2.22. The minimum Gasteiger partial charge on any atom is -0.314 e. The van der Waals surface area contributed by atoms with Gasteiger partial charge in [0.2, 0.25) is 5.91 Å². The fourth-order valence-corrected chi connectivity index (χ4v) is 2.99. The van der Waals surface area contributed by atoms with Gasteiger partial charge in [0.15, 0.2) is 5.11 Å². The number of benzene rings is 1. The number of nitrogens with zero attached hydrogens (tertiary/aromatic N) is 3. The van der Waals surface area contributed by atoms with E-state index in [-0.39, 0.29) is 12.5 Å². The van der Waals surface area contributed by atoms with Crippen LogP contribution in [0.3, 0.4) is 0 Å². The van der Waals surface area contributed by atoms with Crippen molar-refractivity contribution in [3.8, 4) is 6.07 Å². The first kappa shape index (κ1) is 12.7. The number of carbonyl (C=O) groups excluding carboxylic acids is 1. The SMILES string of the molecule is N#C/C(=C\N1CC(=O)NC1=S)c1nc2ccccc2s1. The number of amides is 1. The van der Waals surface area contributed by atoms with Crippen LogP contribution in [0.25, 0.3) is 15.8 Å². The molecule has 7 heteroatoms. The van der Waals surface area contributed by atoms with Gasteiger partial charge in [-0.15, -0.1) is 11.3 Å². The molecular weight excluding hydrogens is 292 g/mol. The van der Waals surface area contributed by atoms with Crippen molar-refractivity contribution in [3.63, 3.8) is 0 Å². The van der Waals surface area contributed by atoms with E-state index in [4.69, 9.17) is 12.2 Å². The predicted molar refractivity (Wildman–Crippen MR) is 80.7 cm³/mol. The molecule has 1 aliphatic rings. The van der Waals surface area contributed by atoms with Crippen LogP contribution in [0.2, 0.25) is 0 Å². The molecule has 0 aliphatic carbocycles. The summed E-state index contributed by atoms with van der Waals surface area (Å²) in [6, 6.07) is 9.80. The summed E-state index contributed by atoms with van der Waals surface area (Å²) in [5, 5.41) is 12.7. The summed E-state index contributed by atoms with van der Waals surface area (Å²) >= 11 is 6.46. The van der Waals surface area contributed by atoms with Gasteiger partial charge in [-0.25, -0.2) is 4.98 Å². The van der Waals surface area contributed by atoms with Crippen LogP contribution >= 0.6 is 23.6 Å². The van der Waals surface area contributed by atoms with Crippen LogP contribution in [0.15, 0.2) is 30.5 Å². The largest absolute Gasteiger partial charge is 0.314 e. The summed E-state index contributed by atoms with van der Waals surface area (Å²) in [6.45, 7) is 0.134. The Kier molecular flexibility index (Phi) is 3.18. The highest BCUT2D eigenvalue weighted by molar-refractivity contribution is 7.80. The first-order valence-electron chi connectivity index (χ1n) is 5.75. The molecule has 1 fully saturated rings. The number of aromatic nitrogens is 1. The van der Waals surface area contributed by atoms with Gasteiger partial charge in [-0.3, -0.25) is 4.79 Å². The van der Waals surface area contributed by atoms with Crippen LogP contribution in [0.4, 0.5) is 0 Å². The molecule has 1 saturated heterocycles. The molecule has 2 aromatic rings. The minimum absolute atomic E-state index is 0.134. The summed E-state index contributed by atoms with van der Waals surface area (Å²) in [5.41, 5.74) is 1.25. The van der Waals surface area contributed by atoms with Crippen LogP contribution in [0, 0.1) is 11.3 Å². The van der Waals surface area contributed by atoms with Crippen LogP contribution in [0.1, 0.15) is 5.01 Å². The Morgan fingerprint density at radius 2 is 2.35 bits per heavy atom. The lowest BCUT2D eigenvalue weighted by Gasteiger charge is -2.08. The van der Waals surface area contributed by atoms with Gasteiger partial charge in [-0.1, -0.05) is 12.1 Å². The highest BCUT2D eigenvalue weighted by Crippen LogP contribution is 2.27. The Morgan fingerprint density at radius 1 is 1.55 bits per heavy atom. The molecule has 1 amide bonds. The average Bonchev–Trinajstić information content (AvgIpc) is 2.99. The maximum atomic E-state index is 11.2. The molecule has 3 rings (SSSR count). The number of rotatable bonds is 2. The maximum Gasteiger partial charge on any atom is 0.246 e. The molecule has 1 N–H and O–H groups in total. The third-order valence-electron chi connectivity index (χ3n) is 2.75. The summed E-state index contributed by atoms with van der Waals surface area (Å²) in [7, 11) is 0. The van der Waals surface area contributed by atoms with Gasteiger partial charge in [0.05, 0.1) is 10.2 Å². The zero-order chi connectivity index (χ0) is 14.1. The van der Waals surface area contributed by atoms with Gasteiger partial charge in [0.1, 0.15) is 23.2 Å². The molecule has 0 atom stereocenters. The third-order valence-corrected chi connectivity index (χ3v) is 4.16. The first-order chi connectivity index (χ1) is 9.67. The van der Waals surface area contributed by atoms with E-state index in [1.807, 2.05) is 24.3 Å². The first-order valence-corrected chi connectivity index (χ1v) is 6.98. The molecule has 1 aromatic carbocycles. The van der Waals surface area contributed by atoms with Gasteiger partial charge in [-0.2, -0.15) is 5.26 Å². The highest BCUT2D eigenvalue weighted by atomic mass is 32.1. The normalized spacial score (nSPS) is 15.6. The number of hydrogen-bond donors (Lipinski definition) is 1. The summed E-state index contributed by atoms with van der Waals surface area (Å²) in [4.78, 5) is 17.2. The van der Waals surface area contributed by atoms with Crippen molar-refractivity contribution in [2.75, 3.05) is 6.54 Å². The fourth-order valence-electron chi connectivity index (χ4n) is 1.84. The van der Waals surface area contributed by atoms with Gasteiger partial charge in [-0.05, 0) is 24.4 Å². The van der Waals surface area contributed by atoms with Crippen molar-refractivity contribution < 1.29 is 4.79 Å². The van der Waals surface area contributed by atoms with Gasteiger partial charge in [0, 0.05) is 6.20 Å². The predicted octanol–water partition coefficient (Wildman–Crippen LogP) is 1.88. The molecular formula is C13H8N4OS2. The number of nitriles is 1. The lowest BCUT2D eigenvalue weighted by Crippen LogP contribution is -2.23. The molecule has 0 bridgehead atoms. The van der Waals surface area contributed by atoms with Crippen LogP contribution < -0.4 is 5.32 Å². The van der Waals surface area contributed by atoms with E-state index < -0.39 is 0 Å². The van der Waals surface area contributed by atoms with Crippen molar-refractivity contribution in [1.29, 1.82) is 5.26 Å². The summed E-state index contributed by atoms with van der Waals surface area (Å²) in [6.07, 6.45) is 1.57. The van der Waals surface area contributed by atoms with E-state index in [9.17, 15) is 10.1 Å². The number of thiazole rings is 1. The molecule has 0 radical (unpaired) electrons. The Labute approximate surface area is 124 Å². The van der Waals surface area contributed by atoms with Crippen molar-refractivity contribution in [2.24, 2.45) is 0 Å². The van der Waals surface area contributed by atoms with Gasteiger partial charge in [0.25, 0.3) is 0 Å². The second-order valence-electron chi connectivity index (χ2n) is 4.12. The fraction of sp³-hybridized carbons (Fsp3) is 0.0769. The molecule has 1 aliphatic heterocycles. The molecule has 0 saturated carbocycles. The molecule has 2 heterocycles. The molecule has 0 unspecified atom stereocenters. The smallest absolute Gasteiger partial charge is 0.246 e. The second kappa shape index (κ2) is 5.00. The topological polar surface area (TPSA) is 69.0 Å². The zero-order valence-corrected chi connectivity index (χ0v) is 11.8. The van der Waals surface area contributed by atoms with Crippen molar-refractivity contribution in [3.05, 3.63) is 35.5 Å². The lowest BCUT2D eigenvalue weighted by molar-refractivity contribution is -0.118. The Bertz CT molecular complexity index is 754. The summed E-state index contributed by atoms with van der Waals surface area (Å²) < 4.78 is 1.02. The van der Waals surface area contributed by atoms with Crippen molar-refractivity contribution in [1.82, 2.24) is 15.2 Å².